The van der Waals surface area contributed by atoms with Crippen LogP contribution in [0.3, 0.4) is 0 Å². The van der Waals surface area contributed by atoms with E-state index in [1.54, 1.807) is 0 Å². The Kier molecular flexibility index (Phi) is 3.26. The Labute approximate surface area is 90.2 Å². The van der Waals surface area contributed by atoms with Gasteiger partial charge in [0.2, 0.25) is 0 Å². The molecular formula is C11H19NO3. The van der Waals surface area contributed by atoms with Gasteiger partial charge in [0.25, 0.3) is 0 Å². The molecule has 0 amide bonds. The van der Waals surface area contributed by atoms with Crippen molar-refractivity contribution in [3.05, 3.63) is 0 Å². The zero-order chi connectivity index (χ0) is 10.8. The highest BCUT2D eigenvalue weighted by Crippen LogP contribution is 2.28. The molecule has 15 heavy (non-hydrogen) atoms. The number of likely N-dealkylation sites (tertiary alicyclic amines) is 1. The fourth-order valence-corrected chi connectivity index (χ4v) is 2.79. The van der Waals surface area contributed by atoms with Crippen molar-refractivity contribution < 1.29 is 14.6 Å². The van der Waals surface area contributed by atoms with Gasteiger partial charge in [0.15, 0.2) is 0 Å². The highest BCUT2D eigenvalue weighted by atomic mass is 16.5. The van der Waals surface area contributed by atoms with Crippen LogP contribution < -0.4 is 0 Å². The lowest BCUT2D eigenvalue weighted by Crippen LogP contribution is -2.44. The quantitative estimate of drug-likeness (QED) is 0.742. The summed E-state index contributed by atoms with van der Waals surface area (Å²) >= 11 is 0. The second-order valence-corrected chi connectivity index (χ2v) is 4.58. The fourth-order valence-electron chi connectivity index (χ4n) is 2.79. The van der Waals surface area contributed by atoms with E-state index in [1.165, 1.54) is 0 Å². The Morgan fingerprint density at radius 2 is 2.27 bits per heavy atom. The lowest BCUT2D eigenvalue weighted by atomic mass is 10.0. The average Bonchev–Trinajstić information content (AvgIpc) is 2.61. The number of carboxylic acids is 1. The molecule has 2 aliphatic heterocycles. The molecule has 2 rings (SSSR count). The Morgan fingerprint density at radius 1 is 1.47 bits per heavy atom. The van der Waals surface area contributed by atoms with Gasteiger partial charge in [-0.15, -0.1) is 0 Å². The van der Waals surface area contributed by atoms with Gasteiger partial charge in [-0.3, -0.25) is 9.69 Å². The summed E-state index contributed by atoms with van der Waals surface area (Å²) in [5.74, 6) is -0.839. The van der Waals surface area contributed by atoms with E-state index in [2.05, 4.69) is 4.90 Å². The second-order valence-electron chi connectivity index (χ2n) is 4.58. The molecule has 4 heteroatoms. The molecule has 2 aliphatic rings. The molecule has 0 radical (unpaired) electrons. The first-order valence-electron chi connectivity index (χ1n) is 5.76. The van der Waals surface area contributed by atoms with Gasteiger partial charge in [0.05, 0.1) is 12.5 Å². The average molecular weight is 213 g/mol. The zero-order valence-corrected chi connectivity index (χ0v) is 9.19. The zero-order valence-electron chi connectivity index (χ0n) is 9.19. The first kappa shape index (κ1) is 10.9. The van der Waals surface area contributed by atoms with Crippen LogP contribution in [0.5, 0.6) is 0 Å². The topological polar surface area (TPSA) is 49.8 Å². The molecule has 2 heterocycles. The SMILES string of the molecule is CC1C(C(=O)O)CCN1C1CCCOC1. The second kappa shape index (κ2) is 4.49. The molecule has 3 atom stereocenters. The largest absolute Gasteiger partial charge is 0.481 e. The normalized spacial score (nSPS) is 38.1. The van der Waals surface area contributed by atoms with Gasteiger partial charge in [0, 0.05) is 18.7 Å². The van der Waals surface area contributed by atoms with Crippen LogP contribution in [0.15, 0.2) is 0 Å². The number of ether oxygens (including phenoxy) is 1. The van der Waals surface area contributed by atoms with E-state index in [-0.39, 0.29) is 12.0 Å². The Balaban J connectivity index is 1.96. The predicted molar refractivity (Wildman–Crippen MR) is 55.8 cm³/mol. The van der Waals surface area contributed by atoms with E-state index >= 15 is 0 Å². The number of nitrogens with zero attached hydrogens (tertiary/aromatic N) is 1. The predicted octanol–water partition coefficient (Wildman–Crippen LogP) is 0.960. The summed E-state index contributed by atoms with van der Waals surface area (Å²) in [5, 5.41) is 9.04. The van der Waals surface area contributed by atoms with Gasteiger partial charge in [-0.1, -0.05) is 0 Å². The van der Waals surface area contributed by atoms with Crippen molar-refractivity contribution in [1.29, 1.82) is 0 Å². The monoisotopic (exact) mass is 213 g/mol. The van der Waals surface area contributed by atoms with Crippen LogP contribution in [0, 0.1) is 5.92 Å². The number of hydrogen-bond donors (Lipinski definition) is 1. The minimum absolute atomic E-state index is 0.161. The van der Waals surface area contributed by atoms with Gasteiger partial charge < -0.3 is 9.84 Å². The van der Waals surface area contributed by atoms with Crippen LogP contribution in [-0.2, 0) is 9.53 Å². The van der Waals surface area contributed by atoms with E-state index in [9.17, 15) is 4.79 Å². The number of rotatable bonds is 2. The molecule has 0 aliphatic carbocycles. The van der Waals surface area contributed by atoms with Crippen molar-refractivity contribution in [1.82, 2.24) is 4.90 Å². The summed E-state index contributed by atoms with van der Waals surface area (Å²) in [4.78, 5) is 13.3. The van der Waals surface area contributed by atoms with Gasteiger partial charge in [0.1, 0.15) is 0 Å². The fraction of sp³-hybridized carbons (Fsp3) is 0.909. The molecule has 3 unspecified atom stereocenters. The maximum atomic E-state index is 11.0. The van der Waals surface area contributed by atoms with Gasteiger partial charge in [-0.25, -0.2) is 0 Å². The molecule has 0 spiro atoms. The summed E-state index contributed by atoms with van der Waals surface area (Å²) in [6.45, 7) is 4.57. The van der Waals surface area contributed by atoms with E-state index in [1.807, 2.05) is 6.92 Å². The summed E-state index contributed by atoms with van der Waals surface area (Å²) in [5.41, 5.74) is 0. The third-order valence-corrected chi connectivity index (χ3v) is 3.73. The first-order chi connectivity index (χ1) is 7.20. The van der Waals surface area contributed by atoms with Crippen LogP contribution in [-0.4, -0.2) is 47.8 Å². The van der Waals surface area contributed by atoms with Crippen LogP contribution in [0.2, 0.25) is 0 Å². The van der Waals surface area contributed by atoms with Crippen LogP contribution in [0.25, 0.3) is 0 Å². The molecule has 2 saturated heterocycles. The molecule has 0 aromatic rings. The summed E-state index contributed by atoms with van der Waals surface area (Å²) in [7, 11) is 0. The summed E-state index contributed by atoms with van der Waals surface area (Å²) in [6, 6.07) is 0.604. The molecule has 0 bridgehead atoms. The number of carbonyl (C=O) groups is 1. The lowest BCUT2D eigenvalue weighted by Gasteiger charge is -2.34. The summed E-state index contributed by atoms with van der Waals surface area (Å²) < 4.78 is 5.45. The van der Waals surface area contributed by atoms with Crippen LogP contribution >= 0.6 is 0 Å². The Morgan fingerprint density at radius 3 is 2.80 bits per heavy atom. The molecule has 1 N–H and O–H groups in total. The molecular weight excluding hydrogens is 194 g/mol. The molecule has 2 fully saturated rings. The van der Waals surface area contributed by atoms with Gasteiger partial charge >= 0.3 is 5.97 Å². The smallest absolute Gasteiger partial charge is 0.308 e. The standard InChI is InChI=1S/C11H19NO3/c1-8-10(11(13)14)4-5-12(8)9-3-2-6-15-7-9/h8-10H,2-7H2,1H3,(H,13,14). The molecule has 0 aromatic carbocycles. The first-order valence-corrected chi connectivity index (χ1v) is 5.76. The Hall–Kier alpha value is -0.610. The third-order valence-electron chi connectivity index (χ3n) is 3.73. The minimum atomic E-state index is -0.651. The number of aliphatic carboxylic acids is 1. The van der Waals surface area contributed by atoms with Crippen molar-refractivity contribution in [2.45, 2.75) is 38.3 Å². The van der Waals surface area contributed by atoms with Crippen molar-refractivity contribution >= 4 is 5.97 Å². The van der Waals surface area contributed by atoms with Gasteiger partial charge in [-0.05, 0) is 32.7 Å². The maximum absolute atomic E-state index is 11.0. The highest BCUT2D eigenvalue weighted by molar-refractivity contribution is 5.71. The molecule has 86 valence electrons. The molecule has 0 saturated carbocycles. The van der Waals surface area contributed by atoms with Crippen LogP contribution in [0.1, 0.15) is 26.2 Å². The maximum Gasteiger partial charge on any atom is 0.308 e. The van der Waals surface area contributed by atoms with E-state index in [0.717, 1.165) is 39.0 Å². The number of hydrogen-bond acceptors (Lipinski definition) is 3. The number of carboxylic acid groups (broad SMARTS) is 1. The van der Waals surface area contributed by atoms with Crippen molar-refractivity contribution in [2.24, 2.45) is 5.92 Å². The minimum Gasteiger partial charge on any atom is -0.481 e. The van der Waals surface area contributed by atoms with Gasteiger partial charge in [-0.2, -0.15) is 0 Å². The van der Waals surface area contributed by atoms with E-state index < -0.39 is 5.97 Å². The summed E-state index contributed by atoms with van der Waals surface area (Å²) in [6.07, 6.45) is 3.04. The van der Waals surface area contributed by atoms with Crippen molar-refractivity contribution in [2.75, 3.05) is 19.8 Å². The molecule has 4 nitrogen and oxygen atoms in total. The van der Waals surface area contributed by atoms with Crippen molar-refractivity contribution in [3.8, 4) is 0 Å². The Bertz CT molecular complexity index is 238. The highest BCUT2D eigenvalue weighted by Gasteiger charge is 2.39. The van der Waals surface area contributed by atoms with E-state index in [0.29, 0.717) is 6.04 Å². The third kappa shape index (κ3) is 2.16. The van der Waals surface area contributed by atoms with E-state index in [4.69, 9.17) is 9.84 Å². The van der Waals surface area contributed by atoms with Crippen LogP contribution in [0.4, 0.5) is 0 Å². The lowest BCUT2D eigenvalue weighted by molar-refractivity contribution is -0.142. The van der Waals surface area contributed by atoms with Crippen molar-refractivity contribution in [3.63, 3.8) is 0 Å². The molecule has 0 aromatic heterocycles.